The van der Waals surface area contributed by atoms with Crippen LogP contribution in [0.2, 0.25) is 0 Å². The topological polar surface area (TPSA) is 55.0 Å². The van der Waals surface area contributed by atoms with E-state index in [-0.39, 0.29) is 5.54 Å². The zero-order valence-corrected chi connectivity index (χ0v) is 17.3. The molecule has 0 amide bonds. The molecule has 0 aromatic carbocycles. The highest BCUT2D eigenvalue weighted by Crippen LogP contribution is 2.42. The number of likely N-dealkylation sites (N-methyl/N-ethyl adjacent to an activating group) is 1. The number of rotatable bonds is 4. The third-order valence-corrected chi connectivity index (χ3v) is 6.65. The first kappa shape index (κ1) is 18.5. The summed E-state index contributed by atoms with van der Waals surface area (Å²) in [7, 11) is 1.97. The van der Waals surface area contributed by atoms with E-state index in [4.69, 9.17) is 4.98 Å². The highest BCUT2D eigenvalue weighted by Gasteiger charge is 2.46. The van der Waals surface area contributed by atoms with Crippen molar-refractivity contribution < 1.29 is 0 Å². The van der Waals surface area contributed by atoms with Crippen LogP contribution in [0.5, 0.6) is 0 Å². The van der Waals surface area contributed by atoms with Crippen LogP contribution in [0, 0.1) is 0 Å². The maximum Gasteiger partial charge on any atom is 0.129 e. The minimum Gasteiger partial charge on any atom is -0.325 e. The fraction of sp³-hybridized carbons (Fsp3) is 0.500. The van der Waals surface area contributed by atoms with Gasteiger partial charge in [-0.1, -0.05) is 13.0 Å². The summed E-state index contributed by atoms with van der Waals surface area (Å²) in [6.45, 7) is 8.49. The first-order valence-electron chi connectivity index (χ1n) is 10.6. The maximum atomic E-state index is 4.98. The summed E-state index contributed by atoms with van der Waals surface area (Å²) in [6.07, 6.45) is 10.2. The second-order valence-electron chi connectivity index (χ2n) is 8.23. The second kappa shape index (κ2) is 7.39. The lowest BCUT2D eigenvalue weighted by Gasteiger charge is -2.50. The lowest BCUT2D eigenvalue weighted by molar-refractivity contribution is -0.00797. The molecule has 1 saturated heterocycles. The van der Waals surface area contributed by atoms with E-state index in [2.05, 4.69) is 49.7 Å². The number of hydrogen-bond donors (Lipinski definition) is 0. The standard InChI is InChI=1S/C22H29N7/c1-3-28-12-13-29-20(18-14-25-26(2)16-18)15-24-21(29)22(28)7-10-27(11-8-22)17-19-6-4-5-9-23-19/h4-6,9,14-16H,3,7-8,10-13,17H2,1-2H3. The molecular formula is C22H29N7. The predicted molar refractivity (Wildman–Crippen MR) is 112 cm³/mol. The van der Waals surface area contributed by atoms with Crippen molar-refractivity contribution in [3.05, 3.63) is 54.5 Å². The Labute approximate surface area is 172 Å². The van der Waals surface area contributed by atoms with Crippen molar-refractivity contribution in [2.24, 2.45) is 7.05 Å². The van der Waals surface area contributed by atoms with Crippen LogP contribution in [0.1, 0.15) is 31.3 Å². The van der Waals surface area contributed by atoms with Crippen LogP contribution in [0.15, 0.2) is 43.0 Å². The SMILES string of the molecule is CCN1CCn2c(-c3cnn(C)c3)cnc2C12CCN(Cc1ccccn1)CC2. The molecule has 7 heteroatoms. The molecule has 1 fully saturated rings. The van der Waals surface area contributed by atoms with Crippen LogP contribution in [0.4, 0.5) is 0 Å². The number of piperidine rings is 1. The zero-order chi connectivity index (χ0) is 19.8. The van der Waals surface area contributed by atoms with E-state index in [1.807, 2.05) is 36.4 Å². The third kappa shape index (κ3) is 3.18. The number of nitrogens with zero attached hydrogens (tertiary/aromatic N) is 7. The molecule has 5 heterocycles. The number of aryl methyl sites for hydroxylation is 1. The van der Waals surface area contributed by atoms with Gasteiger partial charge < -0.3 is 4.57 Å². The van der Waals surface area contributed by atoms with Gasteiger partial charge in [-0.05, 0) is 31.5 Å². The van der Waals surface area contributed by atoms with Gasteiger partial charge in [0.2, 0.25) is 0 Å². The van der Waals surface area contributed by atoms with Gasteiger partial charge >= 0.3 is 0 Å². The highest BCUT2D eigenvalue weighted by atomic mass is 15.3. The van der Waals surface area contributed by atoms with Crippen molar-refractivity contribution >= 4 is 0 Å². The van der Waals surface area contributed by atoms with Crippen molar-refractivity contribution in [2.45, 2.75) is 38.4 Å². The monoisotopic (exact) mass is 391 g/mol. The highest BCUT2D eigenvalue weighted by molar-refractivity contribution is 5.57. The number of aromatic nitrogens is 5. The molecule has 7 nitrogen and oxygen atoms in total. The minimum absolute atomic E-state index is 0.0358. The number of likely N-dealkylation sites (tertiary alicyclic amines) is 1. The largest absolute Gasteiger partial charge is 0.325 e. The van der Waals surface area contributed by atoms with Crippen LogP contribution in [0.25, 0.3) is 11.3 Å². The summed E-state index contributed by atoms with van der Waals surface area (Å²) >= 11 is 0. The Kier molecular flexibility index (Phi) is 4.72. The maximum absolute atomic E-state index is 4.98. The Bertz CT molecular complexity index is 966. The van der Waals surface area contributed by atoms with Gasteiger partial charge in [0, 0.05) is 57.7 Å². The molecule has 0 bridgehead atoms. The summed E-state index contributed by atoms with van der Waals surface area (Å²) in [5, 5.41) is 4.36. The average Bonchev–Trinajstić information content (AvgIpc) is 3.37. The fourth-order valence-corrected chi connectivity index (χ4v) is 5.14. The molecule has 0 atom stereocenters. The Balaban J connectivity index is 1.42. The molecule has 152 valence electrons. The van der Waals surface area contributed by atoms with Crippen LogP contribution in [-0.4, -0.2) is 60.3 Å². The molecule has 0 N–H and O–H groups in total. The number of fused-ring (bicyclic) bond motifs is 2. The first-order chi connectivity index (χ1) is 14.2. The van der Waals surface area contributed by atoms with Crippen LogP contribution < -0.4 is 0 Å². The van der Waals surface area contributed by atoms with E-state index in [1.54, 1.807) is 0 Å². The molecule has 3 aromatic rings. The Morgan fingerprint density at radius 2 is 1.90 bits per heavy atom. The molecule has 0 aliphatic carbocycles. The third-order valence-electron chi connectivity index (χ3n) is 6.65. The molecule has 1 spiro atoms. The Morgan fingerprint density at radius 1 is 1.03 bits per heavy atom. The van der Waals surface area contributed by atoms with Crippen molar-refractivity contribution in [3.63, 3.8) is 0 Å². The molecule has 5 rings (SSSR count). The lowest BCUT2D eigenvalue weighted by atomic mass is 9.83. The normalized spacial score (nSPS) is 19.5. The quantitative estimate of drug-likeness (QED) is 0.684. The molecule has 0 unspecified atom stereocenters. The molecule has 29 heavy (non-hydrogen) atoms. The summed E-state index contributed by atoms with van der Waals surface area (Å²) in [5.74, 6) is 1.24. The minimum atomic E-state index is 0.0358. The van der Waals surface area contributed by atoms with E-state index < -0.39 is 0 Å². The van der Waals surface area contributed by atoms with Gasteiger partial charge in [0.1, 0.15) is 5.82 Å². The van der Waals surface area contributed by atoms with Gasteiger partial charge in [-0.3, -0.25) is 19.5 Å². The Hall–Kier alpha value is -2.51. The number of pyridine rings is 1. The zero-order valence-electron chi connectivity index (χ0n) is 17.3. The Morgan fingerprint density at radius 3 is 2.59 bits per heavy atom. The van der Waals surface area contributed by atoms with Crippen molar-refractivity contribution in [2.75, 3.05) is 26.2 Å². The molecule has 2 aliphatic heterocycles. The second-order valence-corrected chi connectivity index (χ2v) is 8.23. The van der Waals surface area contributed by atoms with Gasteiger partial charge in [-0.2, -0.15) is 5.10 Å². The van der Waals surface area contributed by atoms with Crippen molar-refractivity contribution in [1.82, 2.24) is 34.1 Å². The van der Waals surface area contributed by atoms with E-state index >= 15 is 0 Å². The average molecular weight is 392 g/mol. The first-order valence-corrected chi connectivity index (χ1v) is 10.6. The predicted octanol–water partition coefficient (Wildman–Crippen LogP) is 2.51. The van der Waals surface area contributed by atoms with Crippen molar-refractivity contribution in [1.29, 1.82) is 0 Å². The summed E-state index contributed by atoms with van der Waals surface area (Å²) in [4.78, 5) is 14.7. The summed E-state index contributed by atoms with van der Waals surface area (Å²) in [5.41, 5.74) is 3.53. The van der Waals surface area contributed by atoms with E-state index in [0.29, 0.717) is 0 Å². The van der Waals surface area contributed by atoms with Crippen LogP contribution in [-0.2, 0) is 25.7 Å². The van der Waals surface area contributed by atoms with Gasteiger partial charge in [0.25, 0.3) is 0 Å². The smallest absolute Gasteiger partial charge is 0.129 e. The van der Waals surface area contributed by atoms with Gasteiger partial charge in [0.15, 0.2) is 0 Å². The fourth-order valence-electron chi connectivity index (χ4n) is 5.14. The number of imidazole rings is 1. The molecular weight excluding hydrogens is 362 g/mol. The molecule has 2 aliphatic rings. The van der Waals surface area contributed by atoms with E-state index in [1.165, 1.54) is 11.5 Å². The van der Waals surface area contributed by atoms with Gasteiger partial charge in [-0.15, -0.1) is 0 Å². The van der Waals surface area contributed by atoms with Gasteiger partial charge in [0.05, 0.1) is 29.3 Å². The van der Waals surface area contributed by atoms with E-state index in [0.717, 1.165) is 63.4 Å². The van der Waals surface area contributed by atoms with Gasteiger partial charge in [-0.25, -0.2) is 4.98 Å². The summed E-state index contributed by atoms with van der Waals surface area (Å²) < 4.78 is 4.31. The van der Waals surface area contributed by atoms with E-state index in [9.17, 15) is 0 Å². The lowest BCUT2D eigenvalue weighted by Crippen LogP contribution is -2.57. The van der Waals surface area contributed by atoms with Crippen molar-refractivity contribution in [3.8, 4) is 11.3 Å². The van der Waals surface area contributed by atoms with Crippen LogP contribution in [0.3, 0.4) is 0 Å². The molecule has 3 aromatic heterocycles. The molecule has 0 radical (unpaired) electrons. The molecule has 0 saturated carbocycles. The number of hydrogen-bond acceptors (Lipinski definition) is 5. The summed E-state index contributed by atoms with van der Waals surface area (Å²) in [6, 6.07) is 6.18. The van der Waals surface area contributed by atoms with Crippen LogP contribution >= 0.6 is 0 Å².